The van der Waals surface area contributed by atoms with Crippen LogP contribution in [0.3, 0.4) is 0 Å². The molecule has 9 heteroatoms. The highest BCUT2D eigenvalue weighted by Crippen LogP contribution is 2.33. The summed E-state index contributed by atoms with van der Waals surface area (Å²) in [6, 6.07) is 18.9. The number of amidine groups is 1. The summed E-state index contributed by atoms with van der Waals surface area (Å²) in [5.74, 6) is 1.79. The average Bonchev–Trinajstić information content (AvgIpc) is 3.18. The summed E-state index contributed by atoms with van der Waals surface area (Å²) in [6.07, 6.45) is 1.80. The predicted octanol–water partition coefficient (Wildman–Crippen LogP) is 7.09. The normalized spacial score (nSPS) is 15.4. The van der Waals surface area contributed by atoms with Crippen LogP contribution in [0.2, 0.25) is 0 Å². The number of ether oxygens (including phenoxy) is 3. The molecule has 0 bridgehead atoms. The van der Waals surface area contributed by atoms with Crippen LogP contribution in [0.4, 0.5) is 5.69 Å². The largest absolute Gasteiger partial charge is 0.494 e. The number of carbonyl (C=O) groups is 1. The van der Waals surface area contributed by atoms with E-state index in [2.05, 4.69) is 42.2 Å². The molecule has 180 valence electrons. The van der Waals surface area contributed by atoms with E-state index < -0.39 is 0 Å². The zero-order valence-corrected chi connectivity index (χ0v) is 23.0. The Labute approximate surface area is 225 Å². The highest BCUT2D eigenvalue weighted by Gasteiger charge is 2.24. The standard InChI is InChI=1S/C26H22Br2N2O4S/c1-3-33-20-9-7-19(8-10-20)29-26-30-25(31)24(35-26)13-16-4-11-22(23(12-16)32-2)34-15-17-5-6-18(27)14-21(17)28/h4-14H,3,15H2,1-2H3,(H,29,30,31)/b24-13-. The number of halogens is 2. The number of hydrogen-bond donors (Lipinski definition) is 1. The van der Waals surface area contributed by atoms with Crippen molar-refractivity contribution in [3.05, 3.63) is 85.6 Å². The van der Waals surface area contributed by atoms with Gasteiger partial charge in [-0.3, -0.25) is 4.79 Å². The second kappa shape index (κ2) is 11.8. The number of amides is 1. The molecule has 0 saturated carbocycles. The molecule has 1 N–H and O–H groups in total. The number of aliphatic imine (C=N–C) groups is 1. The fourth-order valence-electron chi connectivity index (χ4n) is 3.22. The van der Waals surface area contributed by atoms with Crippen molar-refractivity contribution in [2.45, 2.75) is 13.5 Å². The summed E-state index contributed by atoms with van der Waals surface area (Å²) in [5, 5.41) is 3.34. The molecular formula is C26H22Br2N2O4S. The van der Waals surface area contributed by atoms with Crippen LogP contribution in [0.5, 0.6) is 17.2 Å². The first-order valence-electron chi connectivity index (χ1n) is 10.7. The molecule has 1 aliphatic heterocycles. The van der Waals surface area contributed by atoms with E-state index in [0.717, 1.165) is 31.5 Å². The molecule has 0 spiro atoms. The Hall–Kier alpha value is -2.75. The lowest BCUT2D eigenvalue weighted by Crippen LogP contribution is -2.19. The third-order valence-electron chi connectivity index (χ3n) is 4.91. The molecule has 1 amide bonds. The van der Waals surface area contributed by atoms with E-state index in [1.54, 1.807) is 13.2 Å². The summed E-state index contributed by atoms with van der Waals surface area (Å²) in [7, 11) is 1.59. The van der Waals surface area contributed by atoms with Crippen molar-refractivity contribution in [2.75, 3.05) is 13.7 Å². The molecule has 6 nitrogen and oxygen atoms in total. The van der Waals surface area contributed by atoms with E-state index in [9.17, 15) is 4.79 Å². The molecule has 0 radical (unpaired) electrons. The maximum atomic E-state index is 12.5. The van der Waals surface area contributed by atoms with Crippen LogP contribution >= 0.6 is 43.6 Å². The van der Waals surface area contributed by atoms with E-state index in [4.69, 9.17) is 14.2 Å². The number of rotatable bonds is 8. The van der Waals surface area contributed by atoms with Gasteiger partial charge in [0.25, 0.3) is 5.91 Å². The molecule has 0 unspecified atom stereocenters. The van der Waals surface area contributed by atoms with Crippen molar-refractivity contribution >= 4 is 66.5 Å². The summed E-state index contributed by atoms with van der Waals surface area (Å²) in [4.78, 5) is 17.6. The Morgan fingerprint density at radius 3 is 2.51 bits per heavy atom. The lowest BCUT2D eigenvalue weighted by Gasteiger charge is -2.12. The maximum Gasteiger partial charge on any atom is 0.264 e. The molecule has 1 heterocycles. The molecule has 1 aliphatic rings. The highest BCUT2D eigenvalue weighted by atomic mass is 79.9. The molecular weight excluding hydrogens is 596 g/mol. The number of methoxy groups -OCH3 is 1. The maximum absolute atomic E-state index is 12.5. The van der Waals surface area contributed by atoms with E-state index in [-0.39, 0.29) is 5.91 Å². The van der Waals surface area contributed by atoms with Crippen molar-refractivity contribution < 1.29 is 19.0 Å². The Kier molecular flexibility index (Phi) is 8.54. The van der Waals surface area contributed by atoms with E-state index in [0.29, 0.717) is 34.8 Å². The number of carbonyl (C=O) groups excluding carboxylic acids is 1. The first-order valence-corrected chi connectivity index (χ1v) is 13.1. The minimum atomic E-state index is -0.195. The topological polar surface area (TPSA) is 69.2 Å². The van der Waals surface area contributed by atoms with Gasteiger partial charge in [0.2, 0.25) is 0 Å². The summed E-state index contributed by atoms with van der Waals surface area (Å²) in [5.41, 5.74) is 2.57. The Balaban J connectivity index is 1.46. The fraction of sp³-hybridized carbons (Fsp3) is 0.154. The fourth-order valence-corrected chi connectivity index (χ4v) is 5.22. The van der Waals surface area contributed by atoms with Gasteiger partial charge >= 0.3 is 0 Å². The molecule has 3 aromatic rings. The van der Waals surface area contributed by atoms with Crippen LogP contribution in [0.25, 0.3) is 6.08 Å². The van der Waals surface area contributed by atoms with Crippen LogP contribution in [0, 0.1) is 0 Å². The second-order valence-corrected chi connectivity index (χ2v) is 10.1. The van der Waals surface area contributed by atoms with Crippen LogP contribution < -0.4 is 19.5 Å². The third-order valence-corrected chi connectivity index (χ3v) is 7.05. The zero-order chi connectivity index (χ0) is 24.8. The van der Waals surface area contributed by atoms with Crippen LogP contribution in [-0.2, 0) is 11.4 Å². The SMILES string of the molecule is CCOc1ccc(N=C2NC(=O)/C(=C/c3ccc(OCc4ccc(Br)cc4Br)c(OC)c3)S2)cc1. The van der Waals surface area contributed by atoms with Crippen LogP contribution in [0.1, 0.15) is 18.1 Å². The van der Waals surface area contributed by atoms with Gasteiger partial charge in [0, 0.05) is 14.5 Å². The van der Waals surface area contributed by atoms with Crippen molar-refractivity contribution in [3.63, 3.8) is 0 Å². The number of hydrogen-bond acceptors (Lipinski definition) is 6. The number of thioether (sulfide) groups is 1. The molecule has 0 aliphatic carbocycles. The number of nitrogens with one attached hydrogen (secondary N) is 1. The third kappa shape index (κ3) is 6.68. The van der Waals surface area contributed by atoms with Crippen molar-refractivity contribution in [1.29, 1.82) is 0 Å². The number of nitrogens with zero attached hydrogens (tertiary/aromatic N) is 1. The Bertz CT molecular complexity index is 1290. The molecule has 4 rings (SSSR count). The zero-order valence-electron chi connectivity index (χ0n) is 19.0. The monoisotopic (exact) mass is 616 g/mol. The van der Waals surface area contributed by atoms with Gasteiger partial charge in [-0.05, 0) is 78.9 Å². The van der Waals surface area contributed by atoms with Crippen LogP contribution in [0.15, 0.2) is 79.5 Å². The Morgan fingerprint density at radius 2 is 1.80 bits per heavy atom. The molecule has 0 aromatic heterocycles. The van der Waals surface area contributed by atoms with Gasteiger partial charge in [-0.2, -0.15) is 0 Å². The first kappa shape index (κ1) is 25.3. The smallest absolute Gasteiger partial charge is 0.264 e. The van der Waals surface area contributed by atoms with Crippen molar-refractivity contribution in [3.8, 4) is 17.2 Å². The lowest BCUT2D eigenvalue weighted by molar-refractivity contribution is -0.115. The van der Waals surface area contributed by atoms with Gasteiger partial charge in [0.15, 0.2) is 16.7 Å². The van der Waals surface area contributed by atoms with Gasteiger partial charge in [-0.1, -0.05) is 44.0 Å². The Morgan fingerprint density at radius 1 is 1.00 bits per heavy atom. The summed E-state index contributed by atoms with van der Waals surface area (Å²) in [6.45, 7) is 2.93. The summed E-state index contributed by atoms with van der Waals surface area (Å²) < 4.78 is 18.9. The van der Waals surface area contributed by atoms with E-state index in [1.807, 2.05) is 67.6 Å². The van der Waals surface area contributed by atoms with Gasteiger partial charge in [0.1, 0.15) is 12.4 Å². The summed E-state index contributed by atoms with van der Waals surface area (Å²) >= 11 is 8.29. The lowest BCUT2D eigenvalue weighted by atomic mass is 10.2. The van der Waals surface area contributed by atoms with E-state index >= 15 is 0 Å². The quantitative estimate of drug-likeness (QED) is 0.273. The first-order chi connectivity index (χ1) is 16.9. The molecule has 1 saturated heterocycles. The van der Waals surface area contributed by atoms with Crippen LogP contribution in [-0.4, -0.2) is 24.8 Å². The minimum absolute atomic E-state index is 0.195. The molecule has 0 atom stereocenters. The molecule has 35 heavy (non-hydrogen) atoms. The van der Waals surface area contributed by atoms with Gasteiger partial charge in [0.05, 0.1) is 24.3 Å². The predicted molar refractivity (Wildman–Crippen MR) is 148 cm³/mol. The van der Waals surface area contributed by atoms with Gasteiger partial charge < -0.3 is 19.5 Å². The molecule has 3 aromatic carbocycles. The van der Waals surface area contributed by atoms with Gasteiger partial charge in [-0.15, -0.1) is 0 Å². The average molecular weight is 618 g/mol. The highest BCUT2D eigenvalue weighted by molar-refractivity contribution is 9.11. The second-order valence-electron chi connectivity index (χ2n) is 7.34. The van der Waals surface area contributed by atoms with Gasteiger partial charge in [-0.25, -0.2) is 4.99 Å². The van der Waals surface area contributed by atoms with Crippen molar-refractivity contribution in [2.24, 2.45) is 4.99 Å². The minimum Gasteiger partial charge on any atom is -0.494 e. The van der Waals surface area contributed by atoms with E-state index in [1.165, 1.54) is 11.8 Å². The number of benzene rings is 3. The van der Waals surface area contributed by atoms with Crippen molar-refractivity contribution in [1.82, 2.24) is 5.32 Å². The molecule has 1 fully saturated rings.